The van der Waals surface area contributed by atoms with Crippen molar-refractivity contribution in [2.45, 2.75) is 6.92 Å². The highest BCUT2D eigenvalue weighted by atomic mass is 19.2. The summed E-state index contributed by atoms with van der Waals surface area (Å²) in [5.74, 6) is -1.91. The molecule has 8 heteroatoms. The van der Waals surface area contributed by atoms with Gasteiger partial charge in [-0.15, -0.1) is 0 Å². The molecule has 0 radical (unpaired) electrons. The Labute approximate surface area is 155 Å². The number of hydrogen-bond acceptors (Lipinski definition) is 3. The Morgan fingerprint density at radius 1 is 0.852 bits per heavy atom. The van der Waals surface area contributed by atoms with Crippen molar-refractivity contribution in [3.05, 3.63) is 54.1 Å². The van der Waals surface area contributed by atoms with Crippen molar-refractivity contribution in [2.24, 2.45) is 0 Å². The molecule has 0 aromatic heterocycles. The number of rotatable bonds is 3. The van der Waals surface area contributed by atoms with Crippen molar-refractivity contribution in [1.29, 1.82) is 0 Å². The van der Waals surface area contributed by atoms with Crippen LogP contribution in [0.4, 0.5) is 30.6 Å². The van der Waals surface area contributed by atoms with E-state index in [9.17, 15) is 18.4 Å². The van der Waals surface area contributed by atoms with Gasteiger partial charge in [0.2, 0.25) is 5.91 Å². The quantitative estimate of drug-likeness (QED) is 0.867. The molecule has 27 heavy (non-hydrogen) atoms. The second-order valence-corrected chi connectivity index (χ2v) is 6.26. The molecule has 6 nitrogen and oxygen atoms in total. The molecule has 2 aromatic carbocycles. The standard InChI is InChI=1S/C19H20F2N4O2/c1-13(26)22-14-2-4-15(5-3-14)23-19(27)25-10-8-24(9-11-25)16-6-7-17(20)18(21)12-16/h2-7,12H,8-11H2,1H3,(H,22,26)(H,23,27). The number of benzene rings is 2. The van der Waals surface area contributed by atoms with Crippen LogP contribution in [0.1, 0.15) is 6.92 Å². The van der Waals surface area contributed by atoms with E-state index in [0.717, 1.165) is 6.07 Å². The first-order valence-electron chi connectivity index (χ1n) is 8.56. The van der Waals surface area contributed by atoms with E-state index < -0.39 is 11.6 Å². The third kappa shape index (κ3) is 4.72. The molecule has 1 aliphatic rings. The molecule has 1 fully saturated rings. The second-order valence-electron chi connectivity index (χ2n) is 6.26. The minimum absolute atomic E-state index is 0.161. The number of hydrogen-bond donors (Lipinski definition) is 2. The average molecular weight is 374 g/mol. The minimum Gasteiger partial charge on any atom is -0.368 e. The Morgan fingerprint density at radius 2 is 1.44 bits per heavy atom. The molecule has 0 bridgehead atoms. The maximum absolute atomic E-state index is 13.4. The van der Waals surface area contributed by atoms with Gasteiger partial charge in [0.05, 0.1) is 0 Å². The van der Waals surface area contributed by atoms with Crippen molar-refractivity contribution in [2.75, 3.05) is 41.7 Å². The van der Waals surface area contributed by atoms with Crippen LogP contribution >= 0.6 is 0 Å². The lowest BCUT2D eigenvalue weighted by Crippen LogP contribution is -2.50. The van der Waals surface area contributed by atoms with Gasteiger partial charge in [-0.25, -0.2) is 13.6 Å². The first kappa shape index (κ1) is 18.6. The number of amides is 3. The van der Waals surface area contributed by atoms with E-state index >= 15 is 0 Å². The second kappa shape index (κ2) is 8.03. The third-order valence-corrected chi connectivity index (χ3v) is 4.29. The molecule has 3 amide bonds. The van der Waals surface area contributed by atoms with Crippen molar-refractivity contribution in [3.63, 3.8) is 0 Å². The lowest BCUT2D eigenvalue weighted by Gasteiger charge is -2.36. The highest BCUT2D eigenvalue weighted by Crippen LogP contribution is 2.20. The highest BCUT2D eigenvalue weighted by molar-refractivity contribution is 5.91. The maximum Gasteiger partial charge on any atom is 0.321 e. The van der Waals surface area contributed by atoms with Gasteiger partial charge in [-0.05, 0) is 36.4 Å². The van der Waals surface area contributed by atoms with Crippen LogP contribution in [0.25, 0.3) is 0 Å². The summed E-state index contributed by atoms with van der Waals surface area (Å²) in [5, 5.41) is 5.47. The van der Waals surface area contributed by atoms with E-state index in [1.807, 2.05) is 4.90 Å². The fraction of sp³-hybridized carbons (Fsp3) is 0.263. The monoisotopic (exact) mass is 374 g/mol. The fourth-order valence-corrected chi connectivity index (χ4v) is 2.89. The lowest BCUT2D eigenvalue weighted by molar-refractivity contribution is -0.114. The SMILES string of the molecule is CC(=O)Nc1ccc(NC(=O)N2CCN(c3ccc(F)c(F)c3)CC2)cc1. The largest absolute Gasteiger partial charge is 0.368 e. The van der Waals surface area contributed by atoms with Crippen LogP contribution in [0.15, 0.2) is 42.5 Å². The summed E-state index contributed by atoms with van der Waals surface area (Å²) in [6.07, 6.45) is 0. The molecule has 142 valence electrons. The van der Waals surface area contributed by atoms with E-state index in [1.165, 1.54) is 19.1 Å². The summed E-state index contributed by atoms with van der Waals surface area (Å²) in [6.45, 7) is 3.42. The van der Waals surface area contributed by atoms with Gasteiger partial charge in [-0.2, -0.15) is 0 Å². The van der Waals surface area contributed by atoms with Crippen LogP contribution in [0, 0.1) is 11.6 Å². The van der Waals surface area contributed by atoms with E-state index in [4.69, 9.17) is 0 Å². The van der Waals surface area contributed by atoms with Crippen molar-refractivity contribution < 1.29 is 18.4 Å². The van der Waals surface area contributed by atoms with Gasteiger partial charge in [0, 0.05) is 56.2 Å². The molecule has 0 atom stereocenters. The number of halogens is 2. The molecule has 0 aliphatic carbocycles. The van der Waals surface area contributed by atoms with Crippen molar-refractivity contribution in [1.82, 2.24) is 4.90 Å². The molecule has 2 aromatic rings. The number of nitrogens with zero attached hydrogens (tertiary/aromatic N) is 2. The summed E-state index contributed by atoms with van der Waals surface area (Å²) in [7, 11) is 0. The molecule has 1 aliphatic heterocycles. The van der Waals surface area contributed by atoms with Crippen LogP contribution in [0.5, 0.6) is 0 Å². The normalized spacial score (nSPS) is 14.0. The minimum atomic E-state index is -0.879. The van der Waals surface area contributed by atoms with Crippen molar-refractivity contribution in [3.8, 4) is 0 Å². The molecule has 1 heterocycles. The average Bonchev–Trinajstić information content (AvgIpc) is 2.65. The number of anilines is 3. The zero-order chi connectivity index (χ0) is 19.4. The fourth-order valence-electron chi connectivity index (χ4n) is 2.89. The number of carbonyl (C=O) groups excluding carboxylic acids is 2. The summed E-state index contributed by atoms with van der Waals surface area (Å²) in [6, 6.07) is 10.4. The van der Waals surface area contributed by atoms with Crippen LogP contribution in [0.2, 0.25) is 0 Å². The number of carbonyl (C=O) groups is 2. The maximum atomic E-state index is 13.4. The Morgan fingerprint density at radius 3 is 2.00 bits per heavy atom. The van der Waals surface area contributed by atoms with Gasteiger partial charge in [-0.1, -0.05) is 0 Å². The summed E-state index contributed by atoms with van der Waals surface area (Å²) in [4.78, 5) is 27.0. The Bertz CT molecular complexity index is 834. The predicted octanol–water partition coefficient (Wildman–Crippen LogP) is 3.28. The summed E-state index contributed by atoms with van der Waals surface area (Å²) in [5.41, 5.74) is 1.88. The Kier molecular flexibility index (Phi) is 5.54. The van der Waals surface area contributed by atoms with E-state index in [2.05, 4.69) is 10.6 Å². The zero-order valence-corrected chi connectivity index (χ0v) is 14.8. The molecule has 3 rings (SSSR count). The van der Waals surface area contributed by atoms with Gasteiger partial charge in [-0.3, -0.25) is 4.79 Å². The number of nitrogens with one attached hydrogen (secondary N) is 2. The van der Waals surface area contributed by atoms with E-state index in [0.29, 0.717) is 43.2 Å². The van der Waals surface area contributed by atoms with Crippen LogP contribution < -0.4 is 15.5 Å². The zero-order valence-electron chi connectivity index (χ0n) is 14.8. The van der Waals surface area contributed by atoms with Gasteiger partial charge in [0.15, 0.2) is 11.6 Å². The summed E-state index contributed by atoms with van der Waals surface area (Å²) < 4.78 is 26.4. The summed E-state index contributed by atoms with van der Waals surface area (Å²) >= 11 is 0. The van der Waals surface area contributed by atoms with Gasteiger partial charge < -0.3 is 20.4 Å². The Hall–Kier alpha value is -3.16. The van der Waals surface area contributed by atoms with E-state index in [-0.39, 0.29) is 11.9 Å². The van der Waals surface area contributed by atoms with Gasteiger partial charge in [0.25, 0.3) is 0 Å². The van der Waals surface area contributed by atoms with Gasteiger partial charge in [0.1, 0.15) is 0 Å². The predicted molar refractivity (Wildman–Crippen MR) is 99.9 cm³/mol. The molecular weight excluding hydrogens is 354 g/mol. The van der Waals surface area contributed by atoms with E-state index in [1.54, 1.807) is 29.2 Å². The highest BCUT2D eigenvalue weighted by Gasteiger charge is 2.22. The Balaban J connectivity index is 1.53. The molecular formula is C19H20F2N4O2. The van der Waals surface area contributed by atoms with Crippen molar-refractivity contribution >= 4 is 29.0 Å². The van der Waals surface area contributed by atoms with Crippen LogP contribution in [-0.2, 0) is 4.79 Å². The number of urea groups is 1. The third-order valence-electron chi connectivity index (χ3n) is 4.29. The smallest absolute Gasteiger partial charge is 0.321 e. The topological polar surface area (TPSA) is 64.7 Å². The molecule has 1 saturated heterocycles. The molecule has 0 unspecified atom stereocenters. The lowest BCUT2D eigenvalue weighted by atomic mass is 10.2. The van der Waals surface area contributed by atoms with Gasteiger partial charge >= 0.3 is 6.03 Å². The van der Waals surface area contributed by atoms with Crippen LogP contribution in [0.3, 0.4) is 0 Å². The molecule has 0 saturated carbocycles. The first-order chi connectivity index (χ1) is 12.9. The molecule has 0 spiro atoms. The van der Waals surface area contributed by atoms with Crippen LogP contribution in [-0.4, -0.2) is 43.0 Å². The molecule has 2 N–H and O–H groups in total. The number of piperazine rings is 1. The first-order valence-corrected chi connectivity index (χ1v) is 8.56.